The van der Waals surface area contributed by atoms with Crippen LogP contribution in [0.4, 0.5) is 4.39 Å². The highest BCUT2D eigenvalue weighted by molar-refractivity contribution is 5.94. The zero-order valence-corrected chi connectivity index (χ0v) is 12.8. The molecule has 2 unspecified atom stereocenters. The van der Waals surface area contributed by atoms with Crippen molar-refractivity contribution in [2.75, 3.05) is 13.1 Å². The lowest BCUT2D eigenvalue weighted by atomic mass is 9.92. The second kappa shape index (κ2) is 7.04. The number of hydrogen-bond acceptors (Lipinski definition) is 2. The molecule has 0 saturated carbocycles. The average Bonchev–Trinajstić information content (AvgIpc) is 2.41. The molecule has 0 aromatic heterocycles. The SMILES string of the molecule is Cc1cc(C(=O)N2CCC(C)CC2CN)ccc1F.Cl. The van der Waals surface area contributed by atoms with Crippen LogP contribution in [0, 0.1) is 18.7 Å². The lowest BCUT2D eigenvalue weighted by molar-refractivity contribution is 0.0573. The zero-order chi connectivity index (χ0) is 14.0. The molecule has 0 spiro atoms. The van der Waals surface area contributed by atoms with Crippen molar-refractivity contribution >= 4 is 18.3 Å². The van der Waals surface area contributed by atoms with E-state index in [-0.39, 0.29) is 30.2 Å². The number of aryl methyl sites for hydroxylation is 1. The molecule has 1 aliphatic rings. The second-order valence-electron chi connectivity index (χ2n) is 5.48. The minimum atomic E-state index is -0.279. The lowest BCUT2D eigenvalue weighted by Gasteiger charge is -2.38. The molecule has 1 aromatic carbocycles. The van der Waals surface area contributed by atoms with Gasteiger partial charge < -0.3 is 10.6 Å². The Morgan fingerprint density at radius 2 is 2.20 bits per heavy atom. The third kappa shape index (κ3) is 3.49. The minimum Gasteiger partial charge on any atom is -0.334 e. The van der Waals surface area contributed by atoms with E-state index in [2.05, 4.69) is 6.92 Å². The van der Waals surface area contributed by atoms with E-state index in [1.54, 1.807) is 19.1 Å². The number of nitrogens with zero attached hydrogens (tertiary/aromatic N) is 1. The van der Waals surface area contributed by atoms with E-state index >= 15 is 0 Å². The number of carbonyl (C=O) groups is 1. The molecule has 1 aliphatic heterocycles. The van der Waals surface area contributed by atoms with Gasteiger partial charge in [0.2, 0.25) is 0 Å². The number of piperidine rings is 1. The molecule has 2 N–H and O–H groups in total. The van der Waals surface area contributed by atoms with Gasteiger partial charge >= 0.3 is 0 Å². The summed E-state index contributed by atoms with van der Waals surface area (Å²) >= 11 is 0. The zero-order valence-electron chi connectivity index (χ0n) is 11.9. The van der Waals surface area contributed by atoms with Crippen LogP contribution in [0.5, 0.6) is 0 Å². The summed E-state index contributed by atoms with van der Waals surface area (Å²) in [7, 11) is 0. The van der Waals surface area contributed by atoms with Crippen LogP contribution < -0.4 is 5.73 Å². The first-order valence-electron chi connectivity index (χ1n) is 6.80. The quantitative estimate of drug-likeness (QED) is 0.913. The maximum Gasteiger partial charge on any atom is 0.254 e. The van der Waals surface area contributed by atoms with Gasteiger partial charge in [0.25, 0.3) is 5.91 Å². The smallest absolute Gasteiger partial charge is 0.254 e. The summed E-state index contributed by atoms with van der Waals surface area (Å²) < 4.78 is 13.3. The Balaban J connectivity index is 0.00000200. The first-order valence-corrected chi connectivity index (χ1v) is 6.80. The van der Waals surface area contributed by atoms with Crippen molar-refractivity contribution in [3.63, 3.8) is 0 Å². The summed E-state index contributed by atoms with van der Waals surface area (Å²) in [5.74, 6) is 0.289. The van der Waals surface area contributed by atoms with E-state index in [0.29, 0.717) is 23.6 Å². The van der Waals surface area contributed by atoms with Crippen molar-refractivity contribution in [2.45, 2.75) is 32.7 Å². The van der Waals surface area contributed by atoms with Crippen LogP contribution in [0.2, 0.25) is 0 Å². The van der Waals surface area contributed by atoms with Gasteiger partial charge in [-0.15, -0.1) is 12.4 Å². The molecule has 3 nitrogen and oxygen atoms in total. The van der Waals surface area contributed by atoms with Gasteiger partial charge in [-0.2, -0.15) is 0 Å². The molecule has 5 heteroatoms. The maximum absolute atomic E-state index is 13.3. The molecule has 1 aromatic rings. The van der Waals surface area contributed by atoms with E-state index in [1.807, 2.05) is 4.90 Å². The molecule has 0 aliphatic carbocycles. The Bertz CT molecular complexity index is 481. The molecular formula is C15H22ClFN2O. The van der Waals surface area contributed by atoms with Gasteiger partial charge in [0, 0.05) is 24.7 Å². The van der Waals surface area contributed by atoms with E-state index < -0.39 is 0 Å². The molecule has 0 radical (unpaired) electrons. The molecule has 2 atom stereocenters. The molecule has 1 heterocycles. The van der Waals surface area contributed by atoms with Crippen molar-refractivity contribution in [2.24, 2.45) is 11.7 Å². The van der Waals surface area contributed by atoms with Crippen molar-refractivity contribution < 1.29 is 9.18 Å². The van der Waals surface area contributed by atoms with E-state index in [4.69, 9.17) is 5.73 Å². The van der Waals surface area contributed by atoms with Crippen LogP contribution in [0.1, 0.15) is 35.7 Å². The van der Waals surface area contributed by atoms with E-state index in [1.165, 1.54) is 6.07 Å². The Morgan fingerprint density at radius 1 is 1.50 bits per heavy atom. The number of rotatable bonds is 2. The molecule has 1 fully saturated rings. The third-order valence-electron chi connectivity index (χ3n) is 3.92. The molecule has 0 bridgehead atoms. The standard InChI is InChI=1S/C15H21FN2O.ClH/c1-10-5-6-18(13(7-10)9-17)15(19)12-3-4-14(16)11(2)8-12;/h3-4,8,10,13H,5-7,9,17H2,1-2H3;1H. The number of carbonyl (C=O) groups excluding carboxylic acids is 1. The minimum absolute atomic E-state index is 0. The molecule has 1 amide bonds. The molecule has 2 rings (SSSR count). The summed E-state index contributed by atoms with van der Waals surface area (Å²) in [5.41, 5.74) is 6.82. The third-order valence-corrected chi connectivity index (χ3v) is 3.92. The van der Waals surface area contributed by atoms with Gasteiger partial charge in [-0.3, -0.25) is 4.79 Å². The monoisotopic (exact) mass is 300 g/mol. The predicted molar refractivity (Wildman–Crippen MR) is 80.7 cm³/mol. The fourth-order valence-electron chi connectivity index (χ4n) is 2.69. The second-order valence-corrected chi connectivity index (χ2v) is 5.48. The molecule has 1 saturated heterocycles. The number of likely N-dealkylation sites (tertiary alicyclic amines) is 1. The normalized spacial score (nSPS) is 22.3. The fourth-order valence-corrected chi connectivity index (χ4v) is 2.69. The van der Waals surface area contributed by atoms with Crippen molar-refractivity contribution in [1.82, 2.24) is 4.90 Å². The lowest BCUT2D eigenvalue weighted by Crippen LogP contribution is -2.49. The average molecular weight is 301 g/mol. The van der Waals surface area contributed by atoms with Crippen LogP contribution in [-0.2, 0) is 0 Å². The first kappa shape index (κ1) is 16.9. The van der Waals surface area contributed by atoms with Gasteiger partial charge in [0.15, 0.2) is 0 Å². The van der Waals surface area contributed by atoms with Crippen molar-refractivity contribution in [3.8, 4) is 0 Å². The van der Waals surface area contributed by atoms with Gasteiger partial charge in [0.1, 0.15) is 5.82 Å². The first-order chi connectivity index (χ1) is 9.02. The molecular weight excluding hydrogens is 279 g/mol. The predicted octanol–water partition coefficient (Wildman–Crippen LogP) is 2.76. The van der Waals surface area contributed by atoms with E-state index in [9.17, 15) is 9.18 Å². The van der Waals surface area contributed by atoms with Gasteiger partial charge in [-0.05, 0) is 49.4 Å². The number of amides is 1. The Labute approximate surface area is 125 Å². The van der Waals surface area contributed by atoms with Crippen molar-refractivity contribution in [1.29, 1.82) is 0 Å². The largest absolute Gasteiger partial charge is 0.334 e. The van der Waals surface area contributed by atoms with Crippen molar-refractivity contribution in [3.05, 3.63) is 35.1 Å². The van der Waals surface area contributed by atoms with Crippen LogP contribution in [0.25, 0.3) is 0 Å². The fraction of sp³-hybridized carbons (Fsp3) is 0.533. The highest BCUT2D eigenvalue weighted by Gasteiger charge is 2.29. The Hall–Kier alpha value is -1.13. The maximum atomic E-state index is 13.3. The topological polar surface area (TPSA) is 46.3 Å². The Morgan fingerprint density at radius 3 is 2.80 bits per heavy atom. The van der Waals surface area contributed by atoms with Crippen LogP contribution in [0.15, 0.2) is 18.2 Å². The Kier molecular flexibility index (Phi) is 5.96. The molecule has 20 heavy (non-hydrogen) atoms. The summed E-state index contributed by atoms with van der Waals surface area (Å²) in [5, 5.41) is 0. The summed E-state index contributed by atoms with van der Waals surface area (Å²) in [4.78, 5) is 14.3. The number of hydrogen-bond donors (Lipinski definition) is 1. The summed E-state index contributed by atoms with van der Waals surface area (Å²) in [6, 6.07) is 4.62. The number of halogens is 2. The number of benzene rings is 1. The van der Waals surface area contributed by atoms with Gasteiger partial charge in [-0.1, -0.05) is 6.92 Å². The van der Waals surface area contributed by atoms with Crippen LogP contribution in [-0.4, -0.2) is 29.9 Å². The van der Waals surface area contributed by atoms with Crippen LogP contribution >= 0.6 is 12.4 Å². The summed E-state index contributed by atoms with van der Waals surface area (Å²) in [6.45, 7) is 5.08. The van der Waals surface area contributed by atoms with Crippen LogP contribution in [0.3, 0.4) is 0 Å². The highest BCUT2D eigenvalue weighted by Crippen LogP contribution is 2.24. The number of nitrogens with two attached hydrogens (primary N) is 1. The highest BCUT2D eigenvalue weighted by atomic mass is 35.5. The molecule has 112 valence electrons. The van der Waals surface area contributed by atoms with Gasteiger partial charge in [-0.25, -0.2) is 4.39 Å². The van der Waals surface area contributed by atoms with E-state index in [0.717, 1.165) is 19.4 Å². The summed E-state index contributed by atoms with van der Waals surface area (Å²) in [6.07, 6.45) is 1.95. The van der Waals surface area contributed by atoms with Gasteiger partial charge in [0.05, 0.1) is 0 Å².